The zero-order valence-electron chi connectivity index (χ0n) is 13.6. The van der Waals surface area contributed by atoms with Crippen LogP contribution >= 0.6 is 0 Å². The molecule has 1 saturated heterocycles. The van der Waals surface area contributed by atoms with Crippen LogP contribution in [0.3, 0.4) is 0 Å². The number of hydrogen-bond acceptors (Lipinski definition) is 3. The number of likely N-dealkylation sites (N-methyl/N-ethyl adjacent to an activating group) is 1. The van der Waals surface area contributed by atoms with Crippen LogP contribution in [-0.4, -0.2) is 37.7 Å². The standard InChI is InChI=1S/C19H26N2O/c1-3-21-12-6-8-16(21)13-20-14-18-17-9-5-4-7-15(17)10-11-19(18)22-2/h4-5,7,9-11,16,20H,3,6,8,12-14H2,1-2H3. The van der Waals surface area contributed by atoms with E-state index < -0.39 is 0 Å². The average Bonchev–Trinajstić information content (AvgIpc) is 3.02. The van der Waals surface area contributed by atoms with Crippen molar-refractivity contribution >= 4 is 10.8 Å². The molecule has 0 aliphatic carbocycles. The zero-order valence-corrected chi connectivity index (χ0v) is 13.6. The fourth-order valence-corrected chi connectivity index (χ4v) is 3.60. The minimum Gasteiger partial charge on any atom is -0.496 e. The molecular formula is C19H26N2O. The summed E-state index contributed by atoms with van der Waals surface area (Å²) in [6.45, 7) is 6.58. The molecular weight excluding hydrogens is 272 g/mol. The molecule has 0 aromatic heterocycles. The van der Waals surface area contributed by atoms with Crippen molar-refractivity contribution in [3.05, 3.63) is 42.0 Å². The van der Waals surface area contributed by atoms with E-state index >= 15 is 0 Å². The van der Waals surface area contributed by atoms with Gasteiger partial charge in [-0.1, -0.05) is 37.3 Å². The zero-order chi connectivity index (χ0) is 15.4. The molecule has 1 heterocycles. The molecule has 3 rings (SSSR count). The summed E-state index contributed by atoms with van der Waals surface area (Å²) in [4.78, 5) is 2.58. The normalized spacial score (nSPS) is 18.9. The van der Waals surface area contributed by atoms with E-state index in [9.17, 15) is 0 Å². The molecule has 0 spiro atoms. The highest BCUT2D eigenvalue weighted by atomic mass is 16.5. The van der Waals surface area contributed by atoms with Gasteiger partial charge in [-0.15, -0.1) is 0 Å². The van der Waals surface area contributed by atoms with Crippen molar-refractivity contribution < 1.29 is 4.74 Å². The maximum atomic E-state index is 5.57. The number of methoxy groups -OCH3 is 1. The van der Waals surface area contributed by atoms with Crippen molar-refractivity contribution in [2.45, 2.75) is 32.4 Å². The van der Waals surface area contributed by atoms with Crippen molar-refractivity contribution in [1.82, 2.24) is 10.2 Å². The first kappa shape index (κ1) is 15.3. The van der Waals surface area contributed by atoms with Gasteiger partial charge < -0.3 is 10.1 Å². The average molecular weight is 298 g/mol. The molecule has 1 unspecified atom stereocenters. The van der Waals surface area contributed by atoms with Gasteiger partial charge in [0, 0.05) is 24.7 Å². The third kappa shape index (κ3) is 3.11. The van der Waals surface area contributed by atoms with E-state index in [4.69, 9.17) is 4.74 Å². The Morgan fingerprint density at radius 3 is 2.91 bits per heavy atom. The van der Waals surface area contributed by atoms with Crippen LogP contribution in [0, 0.1) is 0 Å². The van der Waals surface area contributed by atoms with Gasteiger partial charge in [0.15, 0.2) is 0 Å². The summed E-state index contributed by atoms with van der Waals surface area (Å²) in [6.07, 6.45) is 2.64. The van der Waals surface area contributed by atoms with Crippen molar-refractivity contribution in [2.75, 3.05) is 26.7 Å². The van der Waals surface area contributed by atoms with Gasteiger partial charge in [-0.3, -0.25) is 4.90 Å². The molecule has 22 heavy (non-hydrogen) atoms. The second-order valence-corrected chi connectivity index (χ2v) is 6.02. The molecule has 0 amide bonds. The molecule has 2 aromatic carbocycles. The van der Waals surface area contributed by atoms with Crippen LogP contribution in [0.5, 0.6) is 5.75 Å². The van der Waals surface area contributed by atoms with Crippen LogP contribution in [0.2, 0.25) is 0 Å². The largest absolute Gasteiger partial charge is 0.496 e. The van der Waals surface area contributed by atoms with Gasteiger partial charge in [0.2, 0.25) is 0 Å². The Kier molecular flexibility index (Phi) is 4.96. The summed E-state index contributed by atoms with van der Waals surface area (Å²) in [5, 5.41) is 6.21. The van der Waals surface area contributed by atoms with Gasteiger partial charge in [0.1, 0.15) is 5.75 Å². The Bertz CT molecular complexity index is 626. The van der Waals surface area contributed by atoms with E-state index in [-0.39, 0.29) is 0 Å². The highest BCUT2D eigenvalue weighted by Crippen LogP contribution is 2.28. The van der Waals surface area contributed by atoms with Gasteiger partial charge in [-0.25, -0.2) is 0 Å². The number of likely N-dealkylation sites (tertiary alicyclic amines) is 1. The summed E-state index contributed by atoms with van der Waals surface area (Å²) >= 11 is 0. The maximum absolute atomic E-state index is 5.57. The van der Waals surface area contributed by atoms with Gasteiger partial charge in [0.25, 0.3) is 0 Å². The number of rotatable bonds is 6. The number of fused-ring (bicyclic) bond motifs is 1. The summed E-state index contributed by atoms with van der Waals surface area (Å²) in [5.74, 6) is 0.977. The molecule has 1 atom stereocenters. The molecule has 1 aliphatic heterocycles. The van der Waals surface area contributed by atoms with Crippen LogP contribution in [0.1, 0.15) is 25.3 Å². The van der Waals surface area contributed by atoms with Crippen molar-refractivity contribution in [2.24, 2.45) is 0 Å². The second kappa shape index (κ2) is 7.12. The van der Waals surface area contributed by atoms with Gasteiger partial charge in [0.05, 0.1) is 7.11 Å². The maximum Gasteiger partial charge on any atom is 0.123 e. The van der Waals surface area contributed by atoms with Crippen molar-refractivity contribution in [1.29, 1.82) is 0 Å². The van der Waals surface area contributed by atoms with Crippen molar-refractivity contribution in [3.8, 4) is 5.75 Å². The minimum atomic E-state index is 0.686. The predicted molar refractivity (Wildman–Crippen MR) is 92.5 cm³/mol. The molecule has 0 saturated carbocycles. The Labute approximate surface area is 133 Å². The molecule has 118 valence electrons. The second-order valence-electron chi connectivity index (χ2n) is 6.02. The van der Waals surface area contributed by atoms with E-state index in [0.29, 0.717) is 6.04 Å². The van der Waals surface area contributed by atoms with E-state index in [0.717, 1.165) is 25.4 Å². The predicted octanol–water partition coefficient (Wildman–Crippen LogP) is 3.42. The lowest BCUT2D eigenvalue weighted by Gasteiger charge is -2.23. The van der Waals surface area contributed by atoms with Crippen LogP contribution < -0.4 is 10.1 Å². The minimum absolute atomic E-state index is 0.686. The Morgan fingerprint density at radius 2 is 2.09 bits per heavy atom. The van der Waals surface area contributed by atoms with Crippen LogP contribution in [0.15, 0.2) is 36.4 Å². The molecule has 3 heteroatoms. The van der Waals surface area contributed by atoms with Crippen molar-refractivity contribution in [3.63, 3.8) is 0 Å². The number of nitrogens with zero attached hydrogens (tertiary/aromatic N) is 1. The summed E-state index contributed by atoms with van der Waals surface area (Å²) in [7, 11) is 1.75. The summed E-state index contributed by atoms with van der Waals surface area (Å²) in [6, 6.07) is 13.4. The monoisotopic (exact) mass is 298 g/mol. The lowest BCUT2D eigenvalue weighted by Crippen LogP contribution is -2.37. The van der Waals surface area contributed by atoms with E-state index in [2.05, 4.69) is 53.5 Å². The van der Waals surface area contributed by atoms with E-state index in [1.165, 1.54) is 35.7 Å². The number of hydrogen-bond donors (Lipinski definition) is 1. The van der Waals surface area contributed by atoms with E-state index in [1.807, 2.05) is 0 Å². The molecule has 1 fully saturated rings. The highest BCUT2D eigenvalue weighted by molar-refractivity contribution is 5.87. The van der Waals surface area contributed by atoms with E-state index in [1.54, 1.807) is 7.11 Å². The molecule has 2 aromatic rings. The van der Waals surface area contributed by atoms with Gasteiger partial charge in [-0.2, -0.15) is 0 Å². The third-order valence-corrected chi connectivity index (χ3v) is 4.80. The summed E-state index contributed by atoms with van der Waals surface area (Å²) in [5.41, 5.74) is 1.27. The molecule has 1 aliphatic rings. The van der Waals surface area contributed by atoms with Gasteiger partial charge >= 0.3 is 0 Å². The van der Waals surface area contributed by atoms with Gasteiger partial charge in [-0.05, 0) is 42.8 Å². The molecule has 0 radical (unpaired) electrons. The SMILES string of the molecule is CCN1CCCC1CNCc1c(OC)ccc2ccccc12. The first-order chi connectivity index (χ1) is 10.8. The number of ether oxygens (including phenoxy) is 1. The first-order valence-electron chi connectivity index (χ1n) is 8.33. The highest BCUT2D eigenvalue weighted by Gasteiger charge is 2.22. The molecule has 1 N–H and O–H groups in total. The Balaban J connectivity index is 1.73. The lowest BCUT2D eigenvalue weighted by molar-refractivity contribution is 0.259. The molecule has 3 nitrogen and oxygen atoms in total. The first-order valence-corrected chi connectivity index (χ1v) is 8.33. The Morgan fingerprint density at radius 1 is 1.23 bits per heavy atom. The fraction of sp³-hybridized carbons (Fsp3) is 0.474. The van der Waals surface area contributed by atoms with Crippen LogP contribution in [0.25, 0.3) is 10.8 Å². The summed E-state index contributed by atoms with van der Waals surface area (Å²) < 4.78 is 5.57. The number of benzene rings is 2. The smallest absolute Gasteiger partial charge is 0.123 e. The Hall–Kier alpha value is -1.58. The number of nitrogens with one attached hydrogen (secondary N) is 1. The van der Waals surface area contributed by atoms with Crippen LogP contribution in [-0.2, 0) is 6.54 Å². The fourth-order valence-electron chi connectivity index (χ4n) is 3.60. The quantitative estimate of drug-likeness (QED) is 0.884. The lowest BCUT2D eigenvalue weighted by atomic mass is 10.0. The topological polar surface area (TPSA) is 24.5 Å². The third-order valence-electron chi connectivity index (χ3n) is 4.80. The van der Waals surface area contributed by atoms with Crippen LogP contribution in [0.4, 0.5) is 0 Å². The molecule has 0 bridgehead atoms.